The maximum absolute atomic E-state index is 13.2. The van der Waals surface area contributed by atoms with E-state index in [0.717, 1.165) is 70.3 Å². The van der Waals surface area contributed by atoms with Crippen LogP contribution in [0.2, 0.25) is 0 Å². The van der Waals surface area contributed by atoms with Crippen LogP contribution in [0.1, 0.15) is 62.8 Å². The summed E-state index contributed by atoms with van der Waals surface area (Å²) in [5, 5.41) is 0. The van der Waals surface area contributed by atoms with Gasteiger partial charge in [-0.05, 0) is 44.4 Å². The number of nitrogens with one attached hydrogen (secondary N) is 1. The second-order valence-electron chi connectivity index (χ2n) is 8.98. The molecule has 0 unspecified atom stereocenters. The number of fused-ring (bicyclic) bond motifs is 2. The zero-order valence-corrected chi connectivity index (χ0v) is 16.5. The minimum absolute atomic E-state index is 0.200. The molecule has 5 rings (SSSR count). The minimum Gasteiger partial charge on any atom is -0.348 e. The van der Waals surface area contributed by atoms with Crippen molar-refractivity contribution in [3.05, 3.63) is 29.9 Å². The standard InChI is InChI=1S/C22H30N4O2/c27-19(14-16-4-1-2-5-16)25-12-9-22(10-13-25)20-18(23-15-24-20)8-11-26(22)21(28)17-6-3-7-17/h1,4,15-17H,2-3,5-14H2,(H,23,24)/t16-/m1/s1. The molecule has 2 aliphatic carbocycles. The highest BCUT2D eigenvalue weighted by Crippen LogP contribution is 2.44. The maximum Gasteiger partial charge on any atom is 0.226 e. The van der Waals surface area contributed by atoms with Crippen LogP contribution in [-0.2, 0) is 21.5 Å². The number of piperidine rings is 1. The van der Waals surface area contributed by atoms with Crippen molar-refractivity contribution >= 4 is 11.8 Å². The van der Waals surface area contributed by atoms with E-state index in [1.54, 1.807) is 6.33 Å². The van der Waals surface area contributed by atoms with Gasteiger partial charge in [0.2, 0.25) is 11.8 Å². The third-order valence-corrected chi connectivity index (χ3v) is 7.47. The van der Waals surface area contributed by atoms with Crippen LogP contribution in [0.3, 0.4) is 0 Å². The zero-order chi connectivity index (χ0) is 19.1. The lowest BCUT2D eigenvalue weighted by atomic mass is 9.76. The van der Waals surface area contributed by atoms with Crippen LogP contribution in [0.4, 0.5) is 0 Å². The van der Waals surface area contributed by atoms with E-state index >= 15 is 0 Å². The highest BCUT2D eigenvalue weighted by molar-refractivity contribution is 5.81. The van der Waals surface area contributed by atoms with E-state index in [1.165, 1.54) is 12.1 Å². The zero-order valence-electron chi connectivity index (χ0n) is 16.5. The van der Waals surface area contributed by atoms with Crippen molar-refractivity contribution in [2.45, 2.75) is 63.3 Å². The number of hydrogen-bond donors (Lipinski definition) is 1. The van der Waals surface area contributed by atoms with Gasteiger partial charge in [-0.15, -0.1) is 0 Å². The van der Waals surface area contributed by atoms with E-state index in [9.17, 15) is 9.59 Å². The van der Waals surface area contributed by atoms with Gasteiger partial charge in [-0.3, -0.25) is 9.59 Å². The first-order valence-electron chi connectivity index (χ1n) is 11.0. The van der Waals surface area contributed by atoms with Gasteiger partial charge in [0.25, 0.3) is 0 Å². The second kappa shape index (κ2) is 7.05. The molecule has 1 saturated heterocycles. The predicted molar refractivity (Wildman–Crippen MR) is 105 cm³/mol. The van der Waals surface area contributed by atoms with Gasteiger partial charge in [0.05, 0.1) is 17.6 Å². The highest BCUT2D eigenvalue weighted by atomic mass is 16.2. The number of amides is 2. The number of carbonyl (C=O) groups is 2. The van der Waals surface area contributed by atoms with Crippen LogP contribution in [0.15, 0.2) is 18.5 Å². The summed E-state index contributed by atoms with van der Waals surface area (Å²) in [7, 11) is 0. The molecule has 0 aromatic carbocycles. The van der Waals surface area contributed by atoms with Gasteiger partial charge < -0.3 is 14.8 Å². The lowest BCUT2D eigenvalue weighted by molar-refractivity contribution is -0.150. The average molecular weight is 383 g/mol. The van der Waals surface area contributed by atoms with Crippen molar-refractivity contribution in [3.63, 3.8) is 0 Å². The Morgan fingerprint density at radius 2 is 2.00 bits per heavy atom. The third-order valence-electron chi connectivity index (χ3n) is 7.47. The molecule has 2 fully saturated rings. The Morgan fingerprint density at radius 3 is 2.68 bits per heavy atom. The largest absolute Gasteiger partial charge is 0.348 e. The fourth-order valence-corrected chi connectivity index (χ4v) is 5.53. The van der Waals surface area contributed by atoms with E-state index in [4.69, 9.17) is 0 Å². The fourth-order valence-electron chi connectivity index (χ4n) is 5.53. The van der Waals surface area contributed by atoms with Crippen LogP contribution >= 0.6 is 0 Å². The third kappa shape index (κ3) is 2.88. The van der Waals surface area contributed by atoms with Crippen LogP contribution < -0.4 is 0 Å². The SMILES string of the molecule is O=C(C[C@@H]1C=CCC1)N1CCC2(CC1)c1nc[nH]c1CCN2C(=O)C1CCC1. The number of allylic oxidation sites excluding steroid dienone is 2. The summed E-state index contributed by atoms with van der Waals surface area (Å²) in [5.74, 6) is 1.19. The lowest BCUT2D eigenvalue weighted by Crippen LogP contribution is -2.60. The number of aromatic nitrogens is 2. The van der Waals surface area contributed by atoms with Gasteiger partial charge in [-0.25, -0.2) is 4.98 Å². The number of likely N-dealkylation sites (tertiary alicyclic amines) is 1. The molecule has 1 aromatic heterocycles. The molecule has 150 valence electrons. The minimum atomic E-state index is -0.329. The highest BCUT2D eigenvalue weighted by Gasteiger charge is 2.50. The number of carbonyl (C=O) groups excluding carboxylic acids is 2. The van der Waals surface area contributed by atoms with Crippen LogP contribution in [0.25, 0.3) is 0 Å². The normalized spacial score (nSPS) is 26.4. The molecule has 6 heteroatoms. The van der Waals surface area contributed by atoms with Gasteiger partial charge >= 0.3 is 0 Å². The van der Waals surface area contributed by atoms with Gasteiger partial charge in [0, 0.05) is 44.1 Å². The Hall–Kier alpha value is -2.11. The second-order valence-corrected chi connectivity index (χ2v) is 8.98. The lowest BCUT2D eigenvalue weighted by Gasteiger charge is -2.52. The molecule has 4 aliphatic rings. The van der Waals surface area contributed by atoms with Crippen molar-refractivity contribution in [1.82, 2.24) is 19.8 Å². The number of rotatable bonds is 3. The summed E-state index contributed by atoms with van der Waals surface area (Å²) in [4.78, 5) is 38.1. The number of hydrogen-bond acceptors (Lipinski definition) is 3. The molecule has 2 aliphatic heterocycles. The van der Waals surface area contributed by atoms with Crippen molar-refractivity contribution in [1.29, 1.82) is 0 Å². The Bertz CT molecular complexity index is 786. The Morgan fingerprint density at radius 1 is 1.18 bits per heavy atom. The van der Waals surface area contributed by atoms with Crippen molar-refractivity contribution in [3.8, 4) is 0 Å². The summed E-state index contributed by atoms with van der Waals surface area (Å²) < 4.78 is 0. The molecule has 1 saturated carbocycles. The van der Waals surface area contributed by atoms with Crippen molar-refractivity contribution in [2.75, 3.05) is 19.6 Å². The molecule has 6 nitrogen and oxygen atoms in total. The molecule has 1 atom stereocenters. The molecule has 1 N–H and O–H groups in total. The summed E-state index contributed by atoms with van der Waals surface area (Å²) >= 11 is 0. The van der Waals surface area contributed by atoms with E-state index in [0.29, 0.717) is 18.2 Å². The van der Waals surface area contributed by atoms with Gasteiger partial charge in [0.15, 0.2) is 0 Å². The van der Waals surface area contributed by atoms with Crippen molar-refractivity contribution < 1.29 is 9.59 Å². The van der Waals surface area contributed by atoms with Gasteiger partial charge in [-0.1, -0.05) is 18.6 Å². The smallest absolute Gasteiger partial charge is 0.226 e. The number of H-pyrrole nitrogens is 1. The molecular weight excluding hydrogens is 352 g/mol. The van der Waals surface area contributed by atoms with E-state index in [1.807, 2.05) is 4.90 Å². The summed E-state index contributed by atoms with van der Waals surface area (Å²) in [6, 6.07) is 0. The van der Waals surface area contributed by atoms with Gasteiger partial charge in [0.1, 0.15) is 0 Å². The van der Waals surface area contributed by atoms with Crippen LogP contribution in [0.5, 0.6) is 0 Å². The van der Waals surface area contributed by atoms with Crippen molar-refractivity contribution in [2.24, 2.45) is 11.8 Å². The summed E-state index contributed by atoms with van der Waals surface area (Å²) in [6.45, 7) is 2.21. The molecule has 0 radical (unpaired) electrons. The average Bonchev–Trinajstić information content (AvgIpc) is 3.33. The molecule has 1 aromatic rings. The van der Waals surface area contributed by atoms with E-state index in [2.05, 4.69) is 27.0 Å². The number of aromatic amines is 1. The fraction of sp³-hybridized carbons (Fsp3) is 0.682. The molecule has 1 spiro atoms. The van der Waals surface area contributed by atoms with Crippen LogP contribution in [-0.4, -0.2) is 51.2 Å². The first-order chi connectivity index (χ1) is 13.7. The number of imidazole rings is 1. The molecular formula is C22H30N4O2. The predicted octanol–water partition coefficient (Wildman–Crippen LogP) is 2.77. The quantitative estimate of drug-likeness (QED) is 0.818. The Balaban J connectivity index is 1.34. The van der Waals surface area contributed by atoms with Gasteiger partial charge in [-0.2, -0.15) is 0 Å². The Kier molecular flexibility index (Phi) is 4.52. The molecule has 2 amide bonds. The first-order valence-corrected chi connectivity index (χ1v) is 11.0. The number of nitrogens with zero attached hydrogens (tertiary/aromatic N) is 3. The van der Waals surface area contributed by atoms with E-state index < -0.39 is 0 Å². The maximum atomic E-state index is 13.2. The Labute approximate surface area is 166 Å². The summed E-state index contributed by atoms with van der Waals surface area (Å²) in [5.41, 5.74) is 1.90. The van der Waals surface area contributed by atoms with Crippen LogP contribution in [0, 0.1) is 11.8 Å². The molecule has 28 heavy (non-hydrogen) atoms. The first kappa shape index (κ1) is 18.0. The summed E-state index contributed by atoms with van der Waals surface area (Å²) in [6.07, 6.45) is 14.7. The monoisotopic (exact) mass is 382 g/mol. The molecule has 3 heterocycles. The molecule has 0 bridgehead atoms. The topological polar surface area (TPSA) is 69.3 Å². The van der Waals surface area contributed by atoms with E-state index in [-0.39, 0.29) is 17.4 Å².